The minimum Gasteiger partial charge on any atom is -0.465 e. The Balaban J connectivity index is 1.86. The number of methoxy groups -OCH3 is 1. The van der Waals surface area contributed by atoms with Crippen molar-refractivity contribution in [1.29, 1.82) is 0 Å². The number of para-hydroxylation sites is 1. The van der Waals surface area contributed by atoms with Crippen LogP contribution in [-0.2, 0) is 4.74 Å². The summed E-state index contributed by atoms with van der Waals surface area (Å²) < 4.78 is 12.4. The number of benzene rings is 1. The normalized spacial score (nSPS) is 13.8. The van der Waals surface area contributed by atoms with E-state index in [-0.39, 0.29) is 0 Å². The van der Waals surface area contributed by atoms with E-state index in [1.54, 1.807) is 18.4 Å². The topological polar surface area (TPSA) is 70.2 Å². The molecule has 3 aromatic heterocycles. The van der Waals surface area contributed by atoms with Gasteiger partial charge in [0, 0.05) is 5.92 Å². The molecule has 0 atom stereocenters. The number of nitrogens with zero attached hydrogens (tertiary/aromatic N) is 3. The lowest BCUT2D eigenvalue weighted by atomic mass is 10.1. The van der Waals surface area contributed by atoms with Crippen molar-refractivity contribution in [2.24, 2.45) is 0 Å². The van der Waals surface area contributed by atoms with Crippen molar-refractivity contribution in [3.8, 4) is 17.1 Å². The molecule has 0 amide bonds. The number of ether oxygens (including phenoxy) is 1. The van der Waals surface area contributed by atoms with Gasteiger partial charge >= 0.3 is 5.97 Å². The second-order valence-corrected chi connectivity index (χ2v) is 6.63. The molecule has 0 spiro atoms. The monoisotopic (exact) mass is 359 g/mol. The molecule has 1 saturated carbocycles. The van der Waals surface area contributed by atoms with Gasteiger partial charge in [-0.3, -0.25) is 0 Å². The third kappa shape index (κ3) is 2.61. The van der Waals surface area contributed by atoms with Crippen LogP contribution in [0.1, 0.15) is 34.8 Å². The quantitative estimate of drug-likeness (QED) is 0.507. The van der Waals surface area contributed by atoms with Crippen molar-refractivity contribution in [2.75, 3.05) is 7.11 Å². The first-order chi connectivity index (χ1) is 13.3. The van der Waals surface area contributed by atoms with Gasteiger partial charge in [-0.1, -0.05) is 18.2 Å². The maximum atomic E-state index is 12.6. The Morgan fingerprint density at radius 2 is 2.00 bits per heavy atom. The summed E-state index contributed by atoms with van der Waals surface area (Å²) in [5, 5.41) is 5.60. The molecule has 4 aromatic rings. The third-order valence-electron chi connectivity index (χ3n) is 4.81. The molecule has 0 N–H and O–H groups in total. The smallest absolute Gasteiger partial charge is 0.338 e. The molecule has 6 nitrogen and oxygen atoms in total. The summed E-state index contributed by atoms with van der Waals surface area (Å²) in [7, 11) is 1.39. The number of aromatic nitrogens is 3. The first-order valence-corrected chi connectivity index (χ1v) is 8.87. The summed E-state index contributed by atoms with van der Waals surface area (Å²) in [4.78, 5) is 17.4. The van der Waals surface area contributed by atoms with Crippen LogP contribution in [0.25, 0.3) is 28.2 Å². The Labute approximate surface area is 155 Å². The van der Waals surface area contributed by atoms with Gasteiger partial charge < -0.3 is 9.15 Å². The highest BCUT2D eigenvalue weighted by molar-refractivity contribution is 6.05. The average Bonchev–Trinajstić information content (AvgIpc) is 3.27. The van der Waals surface area contributed by atoms with Crippen LogP contribution in [0.2, 0.25) is 0 Å². The van der Waals surface area contributed by atoms with E-state index in [4.69, 9.17) is 19.2 Å². The predicted octanol–water partition coefficient (Wildman–Crippen LogP) is 4.34. The number of pyridine rings is 1. The van der Waals surface area contributed by atoms with E-state index in [1.807, 2.05) is 41.1 Å². The Bertz CT molecular complexity index is 1130. The summed E-state index contributed by atoms with van der Waals surface area (Å²) in [6.07, 6.45) is 3.73. The number of fused-ring (bicyclic) bond motifs is 1. The first kappa shape index (κ1) is 15.8. The molecule has 6 heteroatoms. The minimum atomic E-state index is -0.398. The van der Waals surface area contributed by atoms with Crippen molar-refractivity contribution in [2.45, 2.75) is 18.8 Å². The minimum absolute atomic E-state index is 0.358. The van der Waals surface area contributed by atoms with Gasteiger partial charge in [0.15, 0.2) is 11.4 Å². The van der Waals surface area contributed by atoms with E-state index in [1.165, 1.54) is 7.11 Å². The molecule has 1 aliphatic carbocycles. The van der Waals surface area contributed by atoms with Crippen LogP contribution in [0.3, 0.4) is 0 Å². The SMILES string of the molecule is COC(=O)c1cc(-c2ccco2)nc2c1c(C1CC1)nn2-c1ccccc1. The molecule has 0 radical (unpaired) electrons. The van der Waals surface area contributed by atoms with Gasteiger partial charge in [0.2, 0.25) is 0 Å². The second kappa shape index (κ2) is 6.09. The predicted molar refractivity (Wildman–Crippen MR) is 99.9 cm³/mol. The molecule has 1 aromatic carbocycles. The first-order valence-electron chi connectivity index (χ1n) is 8.87. The van der Waals surface area contributed by atoms with E-state index in [0.717, 1.165) is 29.6 Å². The van der Waals surface area contributed by atoms with E-state index in [0.29, 0.717) is 28.6 Å². The summed E-state index contributed by atoms with van der Waals surface area (Å²) in [5.74, 6) is 0.553. The zero-order chi connectivity index (χ0) is 18.4. The van der Waals surface area contributed by atoms with Crippen LogP contribution in [0, 0.1) is 0 Å². The van der Waals surface area contributed by atoms with Gasteiger partial charge in [-0.15, -0.1) is 0 Å². The molecule has 0 saturated heterocycles. The zero-order valence-electron chi connectivity index (χ0n) is 14.8. The number of furan rings is 1. The third-order valence-corrected chi connectivity index (χ3v) is 4.81. The molecule has 1 fully saturated rings. The molecule has 1 aliphatic rings. The lowest BCUT2D eigenvalue weighted by Gasteiger charge is -2.07. The number of hydrogen-bond acceptors (Lipinski definition) is 5. The van der Waals surface area contributed by atoms with Gasteiger partial charge in [0.1, 0.15) is 5.69 Å². The Morgan fingerprint density at radius 1 is 1.19 bits per heavy atom. The Kier molecular flexibility index (Phi) is 3.57. The molecule has 0 unspecified atom stereocenters. The zero-order valence-corrected chi connectivity index (χ0v) is 14.8. The lowest BCUT2D eigenvalue weighted by molar-refractivity contribution is 0.0603. The Hall–Kier alpha value is -3.41. The number of carbonyl (C=O) groups excluding carboxylic acids is 1. The van der Waals surface area contributed by atoms with Gasteiger partial charge in [-0.2, -0.15) is 5.10 Å². The summed E-state index contributed by atoms with van der Waals surface area (Å²) in [6, 6.07) is 15.2. The summed E-state index contributed by atoms with van der Waals surface area (Å²) in [5.41, 5.74) is 3.49. The van der Waals surface area contributed by atoms with Crippen LogP contribution in [-0.4, -0.2) is 27.8 Å². The highest BCUT2D eigenvalue weighted by Gasteiger charge is 2.33. The summed E-state index contributed by atoms with van der Waals surface area (Å²) >= 11 is 0. The highest BCUT2D eigenvalue weighted by atomic mass is 16.5. The van der Waals surface area contributed by atoms with E-state index in [2.05, 4.69) is 0 Å². The molecule has 3 heterocycles. The van der Waals surface area contributed by atoms with Gasteiger partial charge in [0.25, 0.3) is 0 Å². The Morgan fingerprint density at radius 3 is 2.67 bits per heavy atom. The molecule has 0 aliphatic heterocycles. The van der Waals surface area contributed by atoms with Gasteiger partial charge in [-0.05, 0) is 43.2 Å². The van der Waals surface area contributed by atoms with Crippen LogP contribution in [0.5, 0.6) is 0 Å². The van der Waals surface area contributed by atoms with Crippen LogP contribution in [0.15, 0.2) is 59.2 Å². The second-order valence-electron chi connectivity index (χ2n) is 6.63. The van der Waals surface area contributed by atoms with Crippen LogP contribution < -0.4 is 0 Å². The molecule has 5 rings (SSSR count). The lowest BCUT2D eigenvalue weighted by Crippen LogP contribution is -2.05. The maximum Gasteiger partial charge on any atom is 0.338 e. The van der Waals surface area contributed by atoms with Crippen molar-refractivity contribution < 1.29 is 13.9 Å². The van der Waals surface area contributed by atoms with Crippen molar-refractivity contribution in [3.63, 3.8) is 0 Å². The van der Waals surface area contributed by atoms with E-state index >= 15 is 0 Å². The number of esters is 1. The fourth-order valence-corrected chi connectivity index (χ4v) is 3.36. The molecule has 27 heavy (non-hydrogen) atoms. The molecule has 134 valence electrons. The van der Waals surface area contributed by atoms with Crippen molar-refractivity contribution in [1.82, 2.24) is 14.8 Å². The van der Waals surface area contributed by atoms with E-state index in [9.17, 15) is 4.79 Å². The molecular formula is C21H17N3O3. The number of hydrogen-bond donors (Lipinski definition) is 0. The van der Waals surface area contributed by atoms with Crippen LogP contribution >= 0.6 is 0 Å². The van der Waals surface area contributed by atoms with Crippen molar-refractivity contribution in [3.05, 3.63) is 66.1 Å². The molecule has 0 bridgehead atoms. The fourth-order valence-electron chi connectivity index (χ4n) is 3.36. The largest absolute Gasteiger partial charge is 0.465 e. The van der Waals surface area contributed by atoms with E-state index < -0.39 is 5.97 Å². The van der Waals surface area contributed by atoms with Gasteiger partial charge in [-0.25, -0.2) is 14.5 Å². The van der Waals surface area contributed by atoms with Crippen LogP contribution in [0.4, 0.5) is 0 Å². The molecular weight excluding hydrogens is 342 g/mol. The van der Waals surface area contributed by atoms with Crippen molar-refractivity contribution >= 4 is 17.0 Å². The van der Waals surface area contributed by atoms with Gasteiger partial charge in [0.05, 0.1) is 35.7 Å². The number of carbonyl (C=O) groups is 1. The number of rotatable bonds is 4. The maximum absolute atomic E-state index is 12.6. The summed E-state index contributed by atoms with van der Waals surface area (Å²) in [6.45, 7) is 0. The average molecular weight is 359 g/mol. The standard InChI is InChI=1S/C21H17N3O3/c1-26-21(25)15-12-16(17-8-5-11-27-17)22-20-18(15)19(13-9-10-13)23-24(20)14-6-3-2-4-7-14/h2-8,11-13H,9-10H2,1H3. The fraction of sp³-hybridized carbons (Fsp3) is 0.190. The highest BCUT2D eigenvalue weighted by Crippen LogP contribution is 2.44.